The number of fused-ring (bicyclic) bond motifs is 1. The Morgan fingerprint density at radius 3 is 3.00 bits per heavy atom. The largest absolute Gasteiger partial charge is 0.329 e. The van der Waals surface area contributed by atoms with E-state index < -0.39 is 0 Å². The number of aryl methyl sites for hydroxylation is 1. The Bertz CT molecular complexity index is 788. The third kappa shape index (κ3) is 1.74. The van der Waals surface area contributed by atoms with E-state index in [1.54, 1.807) is 6.20 Å². The lowest BCUT2D eigenvalue weighted by Gasteiger charge is -2.07. The third-order valence-electron chi connectivity index (χ3n) is 2.79. The fourth-order valence-corrected chi connectivity index (χ4v) is 2.45. The molecule has 0 spiro atoms. The molecule has 0 aliphatic rings. The van der Waals surface area contributed by atoms with E-state index in [4.69, 9.17) is 23.8 Å². The molecule has 0 bridgehead atoms. The van der Waals surface area contributed by atoms with Crippen LogP contribution in [0.5, 0.6) is 0 Å². The maximum absolute atomic E-state index is 6.25. The average molecular weight is 276 g/mol. The predicted molar refractivity (Wildman–Crippen MR) is 76.0 cm³/mol. The zero-order chi connectivity index (χ0) is 12.7. The molecule has 0 saturated heterocycles. The van der Waals surface area contributed by atoms with Crippen LogP contribution in [-0.4, -0.2) is 14.5 Å². The van der Waals surface area contributed by atoms with Gasteiger partial charge in [0.1, 0.15) is 0 Å². The lowest BCUT2D eigenvalue weighted by molar-refractivity contribution is 1.04. The molecule has 0 aliphatic carbocycles. The summed E-state index contributed by atoms with van der Waals surface area (Å²) < 4.78 is 2.45. The first kappa shape index (κ1) is 11.4. The van der Waals surface area contributed by atoms with Crippen molar-refractivity contribution in [1.29, 1.82) is 0 Å². The van der Waals surface area contributed by atoms with Gasteiger partial charge in [0.2, 0.25) is 0 Å². The van der Waals surface area contributed by atoms with Gasteiger partial charge in [-0.15, -0.1) is 0 Å². The molecule has 0 atom stereocenters. The first-order chi connectivity index (χ1) is 8.66. The Morgan fingerprint density at radius 1 is 1.33 bits per heavy atom. The smallest absolute Gasteiger partial charge is 0.184 e. The van der Waals surface area contributed by atoms with Crippen molar-refractivity contribution in [2.24, 2.45) is 0 Å². The number of aromatic amines is 1. The molecule has 1 aromatic carbocycles. The molecular weight excluding hydrogens is 266 g/mol. The molecule has 0 amide bonds. The minimum atomic E-state index is 0.594. The quantitative estimate of drug-likeness (QED) is 0.680. The lowest BCUT2D eigenvalue weighted by Crippen LogP contribution is -1.97. The van der Waals surface area contributed by atoms with E-state index in [9.17, 15) is 0 Å². The van der Waals surface area contributed by atoms with E-state index in [-0.39, 0.29) is 0 Å². The molecule has 0 fully saturated rings. The maximum Gasteiger partial charge on any atom is 0.184 e. The molecule has 0 aliphatic heterocycles. The molecule has 18 heavy (non-hydrogen) atoms. The van der Waals surface area contributed by atoms with Gasteiger partial charge in [-0.05, 0) is 49.0 Å². The number of hydrogen-bond acceptors (Lipinski definition) is 2. The van der Waals surface area contributed by atoms with Crippen LogP contribution in [-0.2, 0) is 0 Å². The molecule has 0 saturated carbocycles. The highest BCUT2D eigenvalue weighted by atomic mass is 35.5. The van der Waals surface area contributed by atoms with Gasteiger partial charge in [-0.25, -0.2) is 4.98 Å². The van der Waals surface area contributed by atoms with Crippen molar-refractivity contribution >= 4 is 35.0 Å². The topological polar surface area (TPSA) is 33.6 Å². The highest BCUT2D eigenvalue weighted by Crippen LogP contribution is 2.25. The van der Waals surface area contributed by atoms with Crippen LogP contribution < -0.4 is 0 Å². The summed E-state index contributed by atoms with van der Waals surface area (Å²) in [5.74, 6) is 0. The second kappa shape index (κ2) is 4.23. The second-order valence-corrected chi connectivity index (χ2v) is 4.89. The van der Waals surface area contributed by atoms with Crippen LogP contribution in [0.15, 0.2) is 36.5 Å². The summed E-state index contributed by atoms with van der Waals surface area (Å²) >= 11 is 11.6. The molecule has 1 N–H and O–H groups in total. The van der Waals surface area contributed by atoms with Gasteiger partial charge in [0.05, 0.1) is 16.2 Å². The molecule has 2 aromatic heterocycles. The Kier molecular flexibility index (Phi) is 2.69. The van der Waals surface area contributed by atoms with E-state index in [1.165, 1.54) is 0 Å². The standard InChI is InChI=1S/C13H10ClN3S/c1-8-4-5-9(14)11(7-8)17-12-10(16-13(17)18)3-2-6-15-12/h2-7H,1H3,(H,16,18). The van der Waals surface area contributed by atoms with Crippen molar-refractivity contribution in [3.8, 4) is 5.69 Å². The summed E-state index contributed by atoms with van der Waals surface area (Å²) in [6.07, 6.45) is 1.74. The van der Waals surface area contributed by atoms with Gasteiger partial charge < -0.3 is 4.98 Å². The number of H-pyrrole nitrogens is 1. The molecule has 90 valence electrons. The monoisotopic (exact) mass is 275 g/mol. The van der Waals surface area contributed by atoms with E-state index in [1.807, 2.05) is 41.8 Å². The number of aromatic nitrogens is 3. The van der Waals surface area contributed by atoms with Crippen molar-refractivity contribution in [3.05, 3.63) is 51.9 Å². The van der Waals surface area contributed by atoms with Gasteiger partial charge in [0.15, 0.2) is 10.4 Å². The fourth-order valence-electron chi connectivity index (χ4n) is 1.96. The number of nitrogens with zero attached hydrogens (tertiary/aromatic N) is 2. The number of benzene rings is 1. The van der Waals surface area contributed by atoms with Gasteiger partial charge in [-0.2, -0.15) is 0 Å². The first-order valence-corrected chi connectivity index (χ1v) is 6.28. The van der Waals surface area contributed by atoms with Gasteiger partial charge >= 0.3 is 0 Å². The van der Waals surface area contributed by atoms with Crippen LogP contribution in [0, 0.1) is 11.7 Å². The third-order valence-corrected chi connectivity index (χ3v) is 3.39. The summed E-state index contributed by atoms with van der Waals surface area (Å²) in [6.45, 7) is 2.02. The highest BCUT2D eigenvalue weighted by Gasteiger charge is 2.10. The predicted octanol–water partition coefficient (Wildman–Crippen LogP) is 4.04. The molecular formula is C13H10ClN3S. The summed E-state index contributed by atoms with van der Waals surface area (Å²) in [5, 5.41) is 0.656. The number of hydrogen-bond donors (Lipinski definition) is 1. The normalized spacial score (nSPS) is 11.0. The molecule has 2 heterocycles. The van der Waals surface area contributed by atoms with Gasteiger partial charge in [-0.1, -0.05) is 17.7 Å². The molecule has 3 nitrogen and oxygen atoms in total. The SMILES string of the molecule is Cc1ccc(Cl)c(-n2c(=S)[nH]c3cccnc32)c1. The molecule has 3 aromatic rings. The Hall–Kier alpha value is -1.65. The second-order valence-electron chi connectivity index (χ2n) is 4.09. The number of nitrogens with one attached hydrogen (secondary N) is 1. The highest BCUT2D eigenvalue weighted by molar-refractivity contribution is 7.71. The molecule has 5 heteroatoms. The van der Waals surface area contributed by atoms with Gasteiger partial charge in [0.25, 0.3) is 0 Å². The van der Waals surface area contributed by atoms with Crippen LogP contribution in [0.3, 0.4) is 0 Å². The summed E-state index contributed by atoms with van der Waals surface area (Å²) in [6, 6.07) is 9.65. The maximum atomic E-state index is 6.25. The molecule has 0 radical (unpaired) electrons. The Morgan fingerprint density at radius 2 is 2.17 bits per heavy atom. The van der Waals surface area contributed by atoms with Gasteiger partial charge in [0, 0.05) is 6.20 Å². The van der Waals surface area contributed by atoms with E-state index in [0.29, 0.717) is 9.79 Å². The average Bonchev–Trinajstić information content (AvgIpc) is 2.68. The minimum Gasteiger partial charge on any atom is -0.329 e. The van der Waals surface area contributed by atoms with Crippen molar-refractivity contribution in [2.45, 2.75) is 6.92 Å². The van der Waals surface area contributed by atoms with E-state index in [2.05, 4.69) is 9.97 Å². The summed E-state index contributed by atoms with van der Waals surface area (Å²) in [4.78, 5) is 7.48. The summed E-state index contributed by atoms with van der Waals surface area (Å²) in [5.41, 5.74) is 3.67. The van der Waals surface area contributed by atoms with Crippen LogP contribution in [0.2, 0.25) is 5.02 Å². The number of pyridine rings is 1. The lowest BCUT2D eigenvalue weighted by atomic mass is 10.2. The van der Waals surface area contributed by atoms with Crippen LogP contribution in [0.1, 0.15) is 5.56 Å². The fraction of sp³-hybridized carbons (Fsp3) is 0.0769. The minimum absolute atomic E-state index is 0.594. The van der Waals surface area contributed by atoms with Crippen molar-refractivity contribution < 1.29 is 0 Å². The molecule has 0 unspecified atom stereocenters. The Balaban J connectivity index is 2.41. The molecule has 3 rings (SSSR count). The van der Waals surface area contributed by atoms with Crippen molar-refractivity contribution in [3.63, 3.8) is 0 Å². The van der Waals surface area contributed by atoms with Crippen LogP contribution in [0.25, 0.3) is 16.9 Å². The number of rotatable bonds is 1. The van der Waals surface area contributed by atoms with Crippen molar-refractivity contribution in [2.75, 3.05) is 0 Å². The van der Waals surface area contributed by atoms with E-state index in [0.717, 1.165) is 22.4 Å². The zero-order valence-electron chi connectivity index (χ0n) is 9.64. The van der Waals surface area contributed by atoms with Crippen LogP contribution in [0.4, 0.5) is 0 Å². The van der Waals surface area contributed by atoms with Crippen molar-refractivity contribution in [1.82, 2.24) is 14.5 Å². The number of imidazole rings is 1. The Labute approximate surface area is 114 Å². The first-order valence-electron chi connectivity index (χ1n) is 5.49. The van der Waals surface area contributed by atoms with Crippen LogP contribution >= 0.6 is 23.8 Å². The summed E-state index contributed by atoms with van der Waals surface area (Å²) in [7, 11) is 0. The number of halogens is 1. The van der Waals surface area contributed by atoms with E-state index >= 15 is 0 Å². The zero-order valence-corrected chi connectivity index (χ0v) is 11.2. The van der Waals surface area contributed by atoms with Gasteiger partial charge in [-0.3, -0.25) is 4.57 Å².